The van der Waals surface area contributed by atoms with E-state index in [4.69, 9.17) is 0 Å². The molecule has 1 fully saturated rings. The van der Waals surface area contributed by atoms with Gasteiger partial charge in [-0.3, -0.25) is 9.58 Å². The molecule has 0 unspecified atom stereocenters. The van der Waals surface area contributed by atoms with Crippen LogP contribution in [0.3, 0.4) is 0 Å². The molecule has 3 heterocycles. The molecular weight excluding hydrogens is 300 g/mol. The Morgan fingerprint density at radius 2 is 2.04 bits per heavy atom. The van der Waals surface area contributed by atoms with Gasteiger partial charge in [-0.05, 0) is 49.1 Å². The van der Waals surface area contributed by atoms with Gasteiger partial charge in [0.25, 0.3) is 0 Å². The molecular formula is C18H22N6. The van der Waals surface area contributed by atoms with Crippen molar-refractivity contribution in [2.75, 3.05) is 13.1 Å². The third-order valence-electron chi connectivity index (χ3n) is 4.63. The second kappa shape index (κ2) is 6.97. The number of aromatic nitrogens is 5. The smallest absolute Gasteiger partial charge is 0.137 e. The topological polar surface area (TPSA) is 51.8 Å². The Kier molecular flexibility index (Phi) is 4.38. The van der Waals surface area contributed by atoms with Gasteiger partial charge in [0.05, 0.1) is 5.69 Å². The molecule has 1 saturated heterocycles. The predicted octanol–water partition coefficient (Wildman–Crippen LogP) is 2.38. The Labute approximate surface area is 141 Å². The minimum atomic E-state index is 0.656. The lowest BCUT2D eigenvalue weighted by Gasteiger charge is -2.32. The highest BCUT2D eigenvalue weighted by Crippen LogP contribution is 2.20. The number of hydrogen-bond donors (Lipinski definition) is 0. The molecule has 24 heavy (non-hydrogen) atoms. The number of piperidine rings is 1. The van der Waals surface area contributed by atoms with Gasteiger partial charge in [-0.15, -0.1) is 0 Å². The summed E-state index contributed by atoms with van der Waals surface area (Å²) in [5.74, 6) is 0.656. The lowest BCUT2D eigenvalue weighted by atomic mass is 9.97. The molecule has 3 aromatic rings. The van der Waals surface area contributed by atoms with Crippen LogP contribution in [0.4, 0.5) is 0 Å². The van der Waals surface area contributed by atoms with E-state index >= 15 is 0 Å². The van der Waals surface area contributed by atoms with Gasteiger partial charge in [0.1, 0.15) is 12.7 Å². The van der Waals surface area contributed by atoms with Crippen molar-refractivity contribution in [2.24, 2.45) is 5.92 Å². The van der Waals surface area contributed by atoms with Crippen LogP contribution in [0.2, 0.25) is 0 Å². The first-order valence-electron chi connectivity index (χ1n) is 8.50. The number of benzene rings is 1. The van der Waals surface area contributed by atoms with Crippen LogP contribution in [0.5, 0.6) is 0 Å². The zero-order valence-corrected chi connectivity index (χ0v) is 13.7. The van der Waals surface area contributed by atoms with Crippen LogP contribution in [0.15, 0.2) is 55.4 Å². The third kappa shape index (κ3) is 3.54. The van der Waals surface area contributed by atoms with Crippen molar-refractivity contribution in [1.82, 2.24) is 29.4 Å². The maximum atomic E-state index is 4.27. The summed E-state index contributed by atoms with van der Waals surface area (Å²) in [6.07, 6.45) is 9.72. The molecule has 1 aromatic carbocycles. The van der Waals surface area contributed by atoms with Gasteiger partial charge >= 0.3 is 0 Å². The summed E-state index contributed by atoms with van der Waals surface area (Å²) >= 11 is 0. The van der Waals surface area contributed by atoms with Gasteiger partial charge in [-0.2, -0.15) is 10.2 Å². The normalized spacial score (nSPS) is 18.8. The Bertz CT molecular complexity index is 732. The fourth-order valence-electron chi connectivity index (χ4n) is 3.47. The van der Waals surface area contributed by atoms with Crippen LogP contribution in [-0.2, 0) is 13.1 Å². The van der Waals surface area contributed by atoms with Crippen LogP contribution in [0.1, 0.15) is 18.4 Å². The minimum absolute atomic E-state index is 0.656. The average Bonchev–Trinajstić information content (AvgIpc) is 3.29. The second-order valence-electron chi connectivity index (χ2n) is 6.48. The van der Waals surface area contributed by atoms with Crippen LogP contribution in [-0.4, -0.2) is 42.5 Å². The molecule has 0 bridgehead atoms. The number of hydrogen-bond acceptors (Lipinski definition) is 4. The molecule has 2 aromatic heterocycles. The molecule has 6 nitrogen and oxygen atoms in total. The summed E-state index contributed by atoms with van der Waals surface area (Å²) in [5.41, 5.74) is 2.46. The van der Waals surface area contributed by atoms with Crippen LogP contribution in [0.25, 0.3) is 5.69 Å². The maximum Gasteiger partial charge on any atom is 0.137 e. The van der Waals surface area contributed by atoms with Crippen molar-refractivity contribution in [2.45, 2.75) is 25.9 Å². The molecule has 0 N–H and O–H groups in total. The van der Waals surface area contributed by atoms with Crippen LogP contribution >= 0.6 is 0 Å². The maximum absolute atomic E-state index is 4.27. The van der Waals surface area contributed by atoms with E-state index in [2.05, 4.69) is 44.3 Å². The van der Waals surface area contributed by atoms with Crippen molar-refractivity contribution in [3.8, 4) is 5.69 Å². The van der Waals surface area contributed by atoms with E-state index in [0.717, 1.165) is 25.3 Å². The van der Waals surface area contributed by atoms with Crippen LogP contribution in [0, 0.1) is 5.92 Å². The number of rotatable bonds is 5. The second-order valence-corrected chi connectivity index (χ2v) is 6.48. The van der Waals surface area contributed by atoms with Crippen LogP contribution < -0.4 is 0 Å². The van der Waals surface area contributed by atoms with Gasteiger partial charge in [-0.25, -0.2) is 9.67 Å². The van der Waals surface area contributed by atoms with Gasteiger partial charge in [0.2, 0.25) is 0 Å². The summed E-state index contributed by atoms with van der Waals surface area (Å²) in [4.78, 5) is 6.58. The standard InChI is InChI=1S/C18H22N6/c1-3-17(13-23-15-19-14-21-23)12-22(9-1)11-16-4-6-18(7-5-16)24-10-2-8-20-24/h2,4-8,10,14-15,17H,1,3,9,11-13H2/t17-/m0/s1. The molecule has 6 heteroatoms. The average molecular weight is 322 g/mol. The van der Waals surface area contributed by atoms with E-state index in [0.29, 0.717) is 5.92 Å². The predicted molar refractivity (Wildman–Crippen MR) is 91.6 cm³/mol. The minimum Gasteiger partial charge on any atom is -0.299 e. The Balaban J connectivity index is 1.36. The summed E-state index contributed by atoms with van der Waals surface area (Å²) in [6.45, 7) is 4.28. The van der Waals surface area contributed by atoms with E-state index in [1.54, 1.807) is 12.5 Å². The van der Waals surface area contributed by atoms with Crippen molar-refractivity contribution in [3.05, 3.63) is 60.9 Å². The van der Waals surface area contributed by atoms with E-state index in [1.165, 1.54) is 24.9 Å². The van der Waals surface area contributed by atoms with Crippen molar-refractivity contribution < 1.29 is 0 Å². The number of nitrogens with zero attached hydrogens (tertiary/aromatic N) is 6. The largest absolute Gasteiger partial charge is 0.299 e. The summed E-state index contributed by atoms with van der Waals surface area (Å²) < 4.78 is 3.84. The third-order valence-corrected chi connectivity index (χ3v) is 4.63. The summed E-state index contributed by atoms with van der Waals surface area (Å²) in [7, 11) is 0. The fraction of sp³-hybridized carbons (Fsp3) is 0.389. The van der Waals surface area contributed by atoms with Crippen molar-refractivity contribution >= 4 is 0 Å². The summed E-state index contributed by atoms with van der Waals surface area (Å²) in [6, 6.07) is 10.6. The first-order valence-corrected chi connectivity index (χ1v) is 8.50. The zero-order chi connectivity index (χ0) is 16.2. The fourth-order valence-corrected chi connectivity index (χ4v) is 3.47. The van der Waals surface area contributed by atoms with E-state index in [1.807, 2.05) is 28.0 Å². The molecule has 4 rings (SSSR count). The Morgan fingerprint density at radius 1 is 1.12 bits per heavy atom. The summed E-state index contributed by atoms with van der Waals surface area (Å²) in [5, 5.41) is 8.50. The van der Waals surface area contributed by atoms with Crippen molar-refractivity contribution in [1.29, 1.82) is 0 Å². The molecule has 1 atom stereocenters. The highest BCUT2D eigenvalue weighted by atomic mass is 15.3. The van der Waals surface area contributed by atoms with Crippen molar-refractivity contribution in [3.63, 3.8) is 0 Å². The number of likely N-dealkylation sites (tertiary alicyclic amines) is 1. The quantitative estimate of drug-likeness (QED) is 0.724. The van der Waals surface area contributed by atoms with Gasteiger partial charge < -0.3 is 0 Å². The highest BCUT2D eigenvalue weighted by Gasteiger charge is 2.20. The van der Waals surface area contributed by atoms with E-state index in [9.17, 15) is 0 Å². The highest BCUT2D eigenvalue weighted by molar-refractivity contribution is 5.33. The molecule has 0 aliphatic carbocycles. The van der Waals surface area contributed by atoms with Gasteiger partial charge in [0, 0.05) is 32.0 Å². The lowest BCUT2D eigenvalue weighted by Crippen LogP contribution is -2.36. The van der Waals surface area contributed by atoms with Gasteiger partial charge in [0.15, 0.2) is 0 Å². The van der Waals surface area contributed by atoms with E-state index in [-0.39, 0.29) is 0 Å². The molecule has 0 amide bonds. The first-order chi connectivity index (χ1) is 11.9. The zero-order valence-electron chi connectivity index (χ0n) is 13.7. The lowest BCUT2D eigenvalue weighted by molar-refractivity contribution is 0.153. The SMILES string of the molecule is c1cnn(-c2ccc(CN3CCC[C@H](Cn4cncn4)C3)cc2)c1. The first kappa shape index (κ1) is 15.1. The van der Waals surface area contributed by atoms with Gasteiger partial charge in [-0.1, -0.05) is 12.1 Å². The Morgan fingerprint density at radius 3 is 2.79 bits per heavy atom. The molecule has 0 spiro atoms. The molecule has 0 saturated carbocycles. The van der Waals surface area contributed by atoms with E-state index < -0.39 is 0 Å². The monoisotopic (exact) mass is 322 g/mol. The molecule has 1 aliphatic heterocycles. The molecule has 0 radical (unpaired) electrons. The molecule has 124 valence electrons. The molecule has 1 aliphatic rings. The Hall–Kier alpha value is -2.47.